The van der Waals surface area contributed by atoms with Crippen LogP contribution < -0.4 is 10.6 Å². The summed E-state index contributed by atoms with van der Waals surface area (Å²) in [7, 11) is 0. The average molecular weight is 667 g/mol. The molecule has 0 radical (unpaired) electrons. The molecule has 2 N–H and O–H groups in total. The molecular weight excluding hydrogens is 627 g/mol. The van der Waals surface area contributed by atoms with Crippen molar-refractivity contribution in [3.63, 3.8) is 0 Å². The van der Waals surface area contributed by atoms with Crippen LogP contribution in [0.4, 0.5) is 22.0 Å². The molecule has 0 bridgehead atoms. The van der Waals surface area contributed by atoms with Gasteiger partial charge in [-0.2, -0.15) is 23.4 Å². The molecule has 2 aliphatic heterocycles. The molecule has 3 atom stereocenters. The molecule has 3 aromatic rings. The molecule has 2 amide bonds. The molecule has 1 saturated carbocycles. The number of rotatable bonds is 8. The molecule has 3 aromatic heterocycles. The Labute approximate surface area is 268 Å². The predicted molar refractivity (Wildman–Crippen MR) is 158 cm³/mol. The van der Waals surface area contributed by atoms with E-state index in [1.165, 1.54) is 15.5 Å². The highest BCUT2D eigenvalue weighted by molar-refractivity contribution is 5.91. The zero-order valence-electron chi connectivity index (χ0n) is 26.3. The van der Waals surface area contributed by atoms with Crippen LogP contribution in [0.5, 0.6) is 0 Å². The Morgan fingerprint density at radius 3 is 2.57 bits per heavy atom. The monoisotopic (exact) mass is 666 g/mol. The summed E-state index contributed by atoms with van der Waals surface area (Å²) in [6, 6.07) is 0.945. The molecule has 2 saturated heterocycles. The van der Waals surface area contributed by atoms with Gasteiger partial charge in [0.25, 0.3) is 5.91 Å². The Bertz CT molecular complexity index is 1590. The van der Waals surface area contributed by atoms with E-state index in [1.807, 2.05) is 19.9 Å². The number of fused-ring (bicyclic) bond motifs is 1. The topological polar surface area (TPSA) is 128 Å². The van der Waals surface area contributed by atoms with E-state index >= 15 is 0 Å². The first-order valence-corrected chi connectivity index (χ1v) is 16.2. The van der Waals surface area contributed by atoms with E-state index in [-0.39, 0.29) is 62.2 Å². The maximum Gasteiger partial charge on any atom is 0.393 e. The van der Waals surface area contributed by atoms with Crippen LogP contribution in [0, 0.1) is 17.8 Å². The maximum atomic E-state index is 14.2. The van der Waals surface area contributed by atoms with Gasteiger partial charge in [0, 0.05) is 51.0 Å². The number of nitrogens with one attached hydrogen (secondary N) is 2. The van der Waals surface area contributed by atoms with Gasteiger partial charge in [-0.15, -0.1) is 0 Å². The van der Waals surface area contributed by atoms with Crippen molar-refractivity contribution >= 4 is 17.5 Å². The fraction of sp³-hybridized carbons (Fsp3) is 0.677. The quantitative estimate of drug-likeness (QED) is 0.326. The molecule has 0 unspecified atom stereocenters. The second-order valence-corrected chi connectivity index (χ2v) is 13.3. The van der Waals surface area contributed by atoms with Crippen LogP contribution in [0.15, 0.2) is 18.6 Å². The van der Waals surface area contributed by atoms with E-state index in [0.29, 0.717) is 43.1 Å². The van der Waals surface area contributed by atoms with E-state index in [4.69, 9.17) is 14.8 Å². The van der Waals surface area contributed by atoms with Crippen molar-refractivity contribution in [2.45, 2.75) is 95.3 Å². The molecule has 6 rings (SSSR count). The summed E-state index contributed by atoms with van der Waals surface area (Å²) in [6.07, 6.45) is -0.834. The van der Waals surface area contributed by atoms with Crippen LogP contribution >= 0.6 is 0 Å². The number of amides is 2. The first kappa shape index (κ1) is 33.2. The number of carbonyl (C=O) groups excluding carboxylic acids is 2. The minimum Gasteiger partial charge on any atom is -0.381 e. The normalized spacial score (nSPS) is 23.6. The van der Waals surface area contributed by atoms with Gasteiger partial charge in [-0.25, -0.2) is 27.9 Å². The third-order valence-corrected chi connectivity index (χ3v) is 9.71. The number of aromatic nitrogens is 6. The second kappa shape index (κ2) is 13.1. The number of carbonyl (C=O) groups is 2. The van der Waals surface area contributed by atoms with Crippen molar-refractivity contribution in [2.75, 3.05) is 19.8 Å². The summed E-state index contributed by atoms with van der Waals surface area (Å²) < 4.78 is 77.7. The summed E-state index contributed by atoms with van der Waals surface area (Å²) in [5, 5.41) is 14.3. The molecule has 5 heterocycles. The van der Waals surface area contributed by atoms with Crippen molar-refractivity contribution in [1.29, 1.82) is 0 Å². The SMILES string of the molecule is CC(C)n1ncnc1C(=O)N[C@H](c1cn2nc(C[C@H]3C[C@@H](C(F)(F)F)CNC3=O)c(C3CCOCC3)cc2n1)C1CCC(F)(F)CC1. The van der Waals surface area contributed by atoms with E-state index in [1.54, 1.807) is 6.20 Å². The summed E-state index contributed by atoms with van der Waals surface area (Å²) in [5.41, 5.74) is 2.15. The standard InChI is InChI=1S/C31H39F5N8O3/c1-17(2)44-27(38-16-39-44)29(46)41-26(19-3-7-30(32,33)8-4-19)24-15-43-25(40-24)13-22(18-5-9-47-10-6-18)23(42-43)12-20-11-21(31(34,35)36)14-37-28(20)45/h13,15-21,26H,3-12,14H2,1-2H3,(H,37,45)(H,41,46)/t20-,21-,26+/m1/s1. The highest BCUT2D eigenvalue weighted by atomic mass is 19.4. The zero-order chi connectivity index (χ0) is 33.5. The smallest absolute Gasteiger partial charge is 0.381 e. The number of alkyl halides is 5. The first-order chi connectivity index (χ1) is 22.3. The van der Waals surface area contributed by atoms with Gasteiger partial charge < -0.3 is 15.4 Å². The van der Waals surface area contributed by atoms with Gasteiger partial charge in [0.05, 0.1) is 29.5 Å². The average Bonchev–Trinajstić information content (AvgIpc) is 3.68. The van der Waals surface area contributed by atoms with Crippen LogP contribution in [0.25, 0.3) is 5.65 Å². The number of hydrogen-bond acceptors (Lipinski definition) is 7. The lowest BCUT2D eigenvalue weighted by molar-refractivity contribution is -0.183. The second-order valence-electron chi connectivity index (χ2n) is 13.3. The van der Waals surface area contributed by atoms with Crippen molar-refractivity contribution in [3.05, 3.63) is 41.4 Å². The molecule has 3 fully saturated rings. The van der Waals surface area contributed by atoms with Crippen LogP contribution in [-0.2, 0) is 16.0 Å². The van der Waals surface area contributed by atoms with Crippen molar-refractivity contribution in [1.82, 2.24) is 40.0 Å². The molecule has 16 heteroatoms. The van der Waals surface area contributed by atoms with Gasteiger partial charge in [-0.1, -0.05) is 0 Å². The Kier molecular flexibility index (Phi) is 9.24. The lowest BCUT2D eigenvalue weighted by Crippen LogP contribution is -2.47. The number of imidazole rings is 1. The lowest BCUT2D eigenvalue weighted by atomic mass is 9.81. The highest BCUT2D eigenvalue weighted by Gasteiger charge is 2.45. The van der Waals surface area contributed by atoms with Crippen LogP contribution in [0.2, 0.25) is 0 Å². The molecular formula is C31H39F5N8O3. The van der Waals surface area contributed by atoms with Crippen LogP contribution in [0.3, 0.4) is 0 Å². The predicted octanol–water partition coefficient (Wildman–Crippen LogP) is 4.95. The lowest BCUT2D eigenvalue weighted by Gasteiger charge is -2.33. The molecule has 256 valence electrons. The summed E-state index contributed by atoms with van der Waals surface area (Å²) in [6.45, 7) is 4.28. The van der Waals surface area contributed by atoms with Crippen molar-refractivity contribution in [3.8, 4) is 0 Å². The van der Waals surface area contributed by atoms with E-state index in [2.05, 4.69) is 20.7 Å². The van der Waals surface area contributed by atoms with Crippen molar-refractivity contribution in [2.24, 2.45) is 17.8 Å². The fourth-order valence-electron chi connectivity index (χ4n) is 7.05. The molecule has 0 aromatic carbocycles. The van der Waals surface area contributed by atoms with Gasteiger partial charge in [-0.3, -0.25) is 9.59 Å². The number of nitrogens with zero attached hydrogens (tertiary/aromatic N) is 6. The van der Waals surface area contributed by atoms with Gasteiger partial charge in [0.15, 0.2) is 5.65 Å². The van der Waals surface area contributed by atoms with Gasteiger partial charge in [-0.05, 0) is 69.4 Å². The number of halogens is 5. The minimum atomic E-state index is -4.43. The third-order valence-electron chi connectivity index (χ3n) is 9.71. The molecule has 47 heavy (non-hydrogen) atoms. The minimum absolute atomic E-state index is 0.0000601. The third kappa shape index (κ3) is 7.26. The Morgan fingerprint density at radius 2 is 1.89 bits per heavy atom. The Morgan fingerprint density at radius 1 is 1.17 bits per heavy atom. The summed E-state index contributed by atoms with van der Waals surface area (Å²) in [5.74, 6) is -6.57. The fourth-order valence-corrected chi connectivity index (χ4v) is 7.05. The number of piperidine rings is 1. The van der Waals surface area contributed by atoms with Gasteiger partial charge in [0.1, 0.15) is 6.33 Å². The maximum absolute atomic E-state index is 14.2. The van der Waals surface area contributed by atoms with E-state index < -0.39 is 48.3 Å². The van der Waals surface area contributed by atoms with Gasteiger partial charge in [0.2, 0.25) is 17.7 Å². The Balaban J connectivity index is 1.36. The van der Waals surface area contributed by atoms with E-state index in [0.717, 1.165) is 5.56 Å². The van der Waals surface area contributed by atoms with Crippen LogP contribution in [0.1, 0.15) is 104 Å². The molecule has 0 spiro atoms. The number of hydrogen-bond donors (Lipinski definition) is 2. The highest BCUT2D eigenvalue weighted by Crippen LogP contribution is 2.42. The summed E-state index contributed by atoms with van der Waals surface area (Å²) >= 11 is 0. The molecule has 3 aliphatic rings. The zero-order valence-corrected chi connectivity index (χ0v) is 26.3. The van der Waals surface area contributed by atoms with Crippen molar-refractivity contribution < 1.29 is 36.3 Å². The Hall–Kier alpha value is -3.69. The summed E-state index contributed by atoms with van der Waals surface area (Å²) in [4.78, 5) is 35.2. The van der Waals surface area contributed by atoms with E-state index in [9.17, 15) is 31.5 Å². The molecule has 1 aliphatic carbocycles. The molecule has 11 nitrogen and oxygen atoms in total. The largest absolute Gasteiger partial charge is 0.393 e. The first-order valence-electron chi connectivity index (χ1n) is 16.2. The van der Waals surface area contributed by atoms with Gasteiger partial charge >= 0.3 is 6.18 Å². The number of ether oxygens (including phenoxy) is 1. The van der Waals surface area contributed by atoms with Crippen LogP contribution in [-0.4, -0.2) is 73.0 Å².